The van der Waals surface area contributed by atoms with E-state index < -0.39 is 5.60 Å². The van der Waals surface area contributed by atoms with Gasteiger partial charge in [-0.2, -0.15) is 4.98 Å². The molecule has 0 spiro atoms. The van der Waals surface area contributed by atoms with Crippen molar-refractivity contribution in [2.24, 2.45) is 0 Å². The number of nitrogens with one attached hydrogen (secondary N) is 1. The molecule has 1 heterocycles. The van der Waals surface area contributed by atoms with Crippen molar-refractivity contribution in [1.29, 1.82) is 0 Å². The van der Waals surface area contributed by atoms with E-state index in [1.54, 1.807) is 13.2 Å². The van der Waals surface area contributed by atoms with Crippen LogP contribution in [0.5, 0.6) is 0 Å². The number of hydrogen-bond acceptors (Lipinski definition) is 5. The molecule has 0 aliphatic heterocycles. The Bertz CT molecular complexity index is 377. The second kappa shape index (κ2) is 4.87. The summed E-state index contributed by atoms with van der Waals surface area (Å²) in [6.45, 7) is 0.632. The fourth-order valence-electron chi connectivity index (χ4n) is 2.40. The molecule has 1 fully saturated rings. The third-order valence-electron chi connectivity index (χ3n) is 3.32. The molecule has 0 amide bonds. The van der Waals surface area contributed by atoms with Gasteiger partial charge in [-0.05, 0) is 18.9 Å². The van der Waals surface area contributed by atoms with Gasteiger partial charge in [0.25, 0.3) is 0 Å². The van der Waals surface area contributed by atoms with E-state index in [2.05, 4.69) is 15.3 Å². The molecule has 1 aromatic heterocycles. The fraction of sp³-hybridized carbons (Fsp3) is 0.667. The summed E-state index contributed by atoms with van der Waals surface area (Å²) in [7, 11) is 3.75. The molecule has 5 nitrogen and oxygen atoms in total. The van der Waals surface area contributed by atoms with E-state index >= 15 is 0 Å². The van der Waals surface area contributed by atoms with E-state index in [4.69, 9.17) is 0 Å². The van der Waals surface area contributed by atoms with Gasteiger partial charge in [0.2, 0.25) is 5.95 Å². The Hall–Kier alpha value is -1.36. The summed E-state index contributed by atoms with van der Waals surface area (Å²) in [5.41, 5.74) is -0.542. The van der Waals surface area contributed by atoms with Crippen molar-refractivity contribution in [3.05, 3.63) is 12.3 Å². The number of rotatable bonds is 4. The molecule has 1 saturated carbocycles. The van der Waals surface area contributed by atoms with Crippen LogP contribution in [0.1, 0.15) is 25.7 Å². The number of nitrogens with zero attached hydrogens (tertiary/aromatic N) is 3. The van der Waals surface area contributed by atoms with Gasteiger partial charge in [-0.1, -0.05) is 12.8 Å². The number of aromatic nitrogens is 2. The molecule has 0 saturated heterocycles. The van der Waals surface area contributed by atoms with Crippen molar-refractivity contribution < 1.29 is 5.11 Å². The summed E-state index contributed by atoms with van der Waals surface area (Å²) in [5, 5.41) is 13.3. The van der Waals surface area contributed by atoms with E-state index in [0.29, 0.717) is 12.5 Å². The second-order valence-electron chi connectivity index (χ2n) is 4.78. The highest BCUT2D eigenvalue weighted by molar-refractivity contribution is 5.41. The number of anilines is 2. The number of likely N-dealkylation sites (N-methyl/N-ethyl adjacent to an activating group) is 1. The van der Waals surface area contributed by atoms with Gasteiger partial charge >= 0.3 is 0 Å². The maximum absolute atomic E-state index is 10.3. The van der Waals surface area contributed by atoms with Crippen LogP contribution in [0.4, 0.5) is 11.8 Å². The van der Waals surface area contributed by atoms with Gasteiger partial charge in [-0.25, -0.2) is 4.98 Å². The van der Waals surface area contributed by atoms with E-state index in [1.165, 1.54) is 0 Å². The first-order chi connectivity index (χ1) is 8.13. The molecule has 1 aliphatic rings. The summed E-state index contributed by atoms with van der Waals surface area (Å²) < 4.78 is 0. The van der Waals surface area contributed by atoms with Crippen LogP contribution in [0.25, 0.3) is 0 Å². The van der Waals surface area contributed by atoms with Crippen LogP contribution in [0, 0.1) is 0 Å². The Balaban J connectivity index is 2.05. The maximum Gasteiger partial charge on any atom is 0.224 e. The van der Waals surface area contributed by atoms with E-state index in [9.17, 15) is 5.11 Å². The lowest BCUT2D eigenvalue weighted by atomic mass is 10.0. The first-order valence-corrected chi connectivity index (χ1v) is 6.07. The van der Waals surface area contributed by atoms with Gasteiger partial charge in [0.15, 0.2) is 0 Å². The summed E-state index contributed by atoms with van der Waals surface area (Å²) in [5.74, 6) is 1.44. The van der Waals surface area contributed by atoms with Crippen LogP contribution in [0.2, 0.25) is 0 Å². The highest BCUT2D eigenvalue weighted by atomic mass is 16.3. The van der Waals surface area contributed by atoms with Crippen molar-refractivity contribution in [3.63, 3.8) is 0 Å². The molecule has 0 atom stereocenters. The van der Waals surface area contributed by atoms with Crippen LogP contribution in [0.15, 0.2) is 12.3 Å². The van der Waals surface area contributed by atoms with Crippen molar-refractivity contribution in [1.82, 2.24) is 9.97 Å². The Morgan fingerprint density at radius 3 is 2.82 bits per heavy atom. The first kappa shape index (κ1) is 12.1. The largest absolute Gasteiger partial charge is 0.388 e. The van der Waals surface area contributed by atoms with Crippen molar-refractivity contribution in [2.45, 2.75) is 31.3 Å². The van der Waals surface area contributed by atoms with Crippen LogP contribution in [0.3, 0.4) is 0 Å². The molecule has 0 radical (unpaired) electrons. The molecular formula is C12H20N4O. The quantitative estimate of drug-likeness (QED) is 0.824. The number of aliphatic hydroxyl groups is 1. The third kappa shape index (κ3) is 2.85. The topological polar surface area (TPSA) is 61.3 Å². The zero-order valence-corrected chi connectivity index (χ0v) is 10.5. The van der Waals surface area contributed by atoms with E-state index in [-0.39, 0.29) is 0 Å². The highest BCUT2D eigenvalue weighted by Crippen LogP contribution is 2.30. The Kier molecular flexibility index (Phi) is 3.47. The van der Waals surface area contributed by atoms with E-state index in [1.807, 2.05) is 18.0 Å². The van der Waals surface area contributed by atoms with Crippen LogP contribution in [-0.4, -0.2) is 41.3 Å². The lowest BCUT2D eigenvalue weighted by molar-refractivity contribution is 0.0558. The zero-order chi connectivity index (χ0) is 12.3. The molecule has 17 heavy (non-hydrogen) atoms. The average Bonchev–Trinajstić information content (AvgIpc) is 2.76. The van der Waals surface area contributed by atoms with Crippen molar-refractivity contribution >= 4 is 11.8 Å². The second-order valence-corrected chi connectivity index (χ2v) is 4.78. The Morgan fingerprint density at radius 1 is 1.47 bits per heavy atom. The van der Waals surface area contributed by atoms with Crippen molar-refractivity contribution in [2.75, 3.05) is 30.9 Å². The van der Waals surface area contributed by atoms with Gasteiger partial charge < -0.3 is 15.3 Å². The minimum Gasteiger partial charge on any atom is -0.388 e. The van der Waals surface area contributed by atoms with Crippen LogP contribution in [-0.2, 0) is 0 Å². The average molecular weight is 236 g/mol. The zero-order valence-electron chi connectivity index (χ0n) is 10.5. The van der Waals surface area contributed by atoms with Crippen LogP contribution >= 0.6 is 0 Å². The van der Waals surface area contributed by atoms with Gasteiger partial charge in [0.05, 0.1) is 5.60 Å². The first-order valence-electron chi connectivity index (χ1n) is 6.07. The minimum absolute atomic E-state index is 0.542. The van der Waals surface area contributed by atoms with Gasteiger partial charge in [0.1, 0.15) is 5.82 Å². The maximum atomic E-state index is 10.3. The fourth-order valence-corrected chi connectivity index (χ4v) is 2.40. The Morgan fingerprint density at radius 2 is 2.18 bits per heavy atom. The summed E-state index contributed by atoms with van der Waals surface area (Å²) in [6.07, 6.45) is 5.75. The molecule has 0 unspecified atom stereocenters. The molecular weight excluding hydrogens is 216 g/mol. The third-order valence-corrected chi connectivity index (χ3v) is 3.32. The molecule has 0 bridgehead atoms. The van der Waals surface area contributed by atoms with Crippen molar-refractivity contribution in [3.8, 4) is 0 Å². The molecule has 1 aliphatic carbocycles. The van der Waals surface area contributed by atoms with Gasteiger partial charge in [-0.3, -0.25) is 0 Å². The monoisotopic (exact) mass is 236 g/mol. The molecule has 2 rings (SSSR count). The molecule has 2 N–H and O–H groups in total. The lowest BCUT2D eigenvalue weighted by Crippen LogP contribution is -2.39. The highest BCUT2D eigenvalue weighted by Gasteiger charge is 2.32. The molecule has 94 valence electrons. The van der Waals surface area contributed by atoms with Crippen LogP contribution < -0.4 is 10.2 Å². The molecule has 0 aromatic carbocycles. The Labute approximate surface area is 102 Å². The normalized spacial score (nSPS) is 18.1. The van der Waals surface area contributed by atoms with Gasteiger partial charge in [-0.15, -0.1) is 0 Å². The predicted molar refractivity (Wildman–Crippen MR) is 68.3 cm³/mol. The smallest absolute Gasteiger partial charge is 0.224 e. The van der Waals surface area contributed by atoms with Gasteiger partial charge in [0, 0.05) is 26.8 Å². The summed E-state index contributed by atoms with van der Waals surface area (Å²) >= 11 is 0. The SMILES string of the molecule is CNc1nccc(N(C)CC2(O)CCCC2)n1. The predicted octanol–water partition coefficient (Wildman–Crippen LogP) is 1.26. The number of hydrogen-bond donors (Lipinski definition) is 2. The minimum atomic E-state index is -0.542. The lowest BCUT2D eigenvalue weighted by Gasteiger charge is -2.29. The van der Waals surface area contributed by atoms with E-state index in [0.717, 1.165) is 31.5 Å². The summed E-state index contributed by atoms with van der Waals surface area (Å²) in [4.78, 5) is 10.4. The standard InChI is InChI=1S/C12H20N4O/c1-13-11-14-8-5-10(15-11)16(2)9-12(17)6-3-4-7-12/h5,8,17H,3-4,6-7,9H2,1-2H3,(H,13,14,15). The molecule has 5 heteroatoms. The molecule has 1 aromatic rings. The summed E-state index contributed by atoms with van der Waals surface area (Å²) in [6, 6.07) is 1.86.